The lowest BCUT2D eigenvalue weighted by Gasteiger charge is -2.24. The molecule has 0 aliphatic heterocycles. The summed E-state index contributed by atoms with van der Waals surface area (Å²) in [7, 11) is 1.31. The molecule has 2 rings (SSSR count). The number of hydrogen-bond donors (Lipinski definition) is 1. The number of esters is 1. The molecule has 1 fully saturated rings. The van der Waals surface area contributed by atoms with E-state index in [2.05, 4.69) is 10.1 Å². The van der Waals surface area contributed by atoms with E-state index in [1.54, 1.807) is 29.2 Å². The van der Waals surface area contributed by atoms with Gasteiger partial charge in [-0.2, -0.15) is 0 Å². The summed E-state index contributed by atoms with van der Waals surface area (Å²) in [6.45, 7) is 5.00. The highest BCUT2D eigenvalue weighted by molar-refractivity contribution is 6.13. The van der Waals surface area contributed by atoms with Crippen molar-refractivity contribution in [3.05, 3.63) is 29.8 Å². The average molecular weight is 318 g/mol. The lowest BCUT2D eigenvalue weighted by atomic mass is 10.0. The van der Waals surface area contributed by atoms with E-state index in [0.29, 0.717) is 37.2 Å². The van der Waals surface area contributed by atoms with Crippen LogP contribution in [-0.2, 0) is 14.3 Å². The van der Waals surface area contributed by atoms with E-state index < -0.39 is 11.4 Å². The molecule has 2 amide bonds. The molecule has 0 radical (unpaired) electrons. The molecule has 0 aromatic heterocycles. The van der Waals surface area contributed by atoms with Gasteiger partial charge in [-0.05, 0) is 51.0 Å². The van der Waals surface area contributed by atoms with Gasteiger partial charge in [-0.1, -0.05) is 0 Å². The summed E-state index contributed by atoms with van der Waals surface area (Å²) < 4.78 is 4.63. The standard InChI is InChI=1S/C17H22N2O4/c1-4-19(5-2)16(22)17(10-11-17)15(21)18-13-8-6-12(7-9-13)14(20)23-3/h6-9H,4-5,10-11H2,1-3H3,(H,18,21). The van der Waals surface area contributed by atoms with Crippen molar-refractivity contribution in [2.75, 3.05) is 25.5 Å². The second kappa shape index (κ2) is 6.81. The van der Waals surface area contributed by atoms with Crippen LogP contribution in [0.25, 0.3) is 0 Å². The van der Waals surface area contributed by atoms with E-state index in [-0.39, 0.29) is 11.8 Å². The Morgan fingerprint density at radius 1 is 1.13 bits per heavy atom. The first-order chi connectivity index (χ1) is 11.0. The van der Waals surface area contributed by atoms with Crippen molar-refractivity contribution in [1.29, 1.82) is 0 Å². The largest absolute Gasteiger partial charge is 0.465 e. The van der Waals surface area contributed by atoms with Crippen LogP contribution in [0.1, 0.15) is 37.0 Å². The predicted octanol–water partition coefficient (Wildman–Crippen LogP) is 2.06. The summed E-state index contributed by atoms with van der Waals surface area (Å²) >= 11 is 0. The van der Waals surface area contributed by atoms with Crippen LogP contribution in [0.5, 0.6) is 0 Å². The molecule has 6 nitrogen and oxygen atoms in total. The number of nitrogens with one attached hydrogen (secondary N) is 1. The number of nitrogens with zero attached hydrogens (tertiary/aromatic N) is 1. The quantitative estimate of drug-likeness (QED) is 0.643. The Bertz CT molecular complexity index is 602. The van der Waals surface area contributed by atoms with Crippen LogP contribution in [-0.4, -0.2) is 42.9 Å². The maximum Gasteiger partial charge on any atom is 0.337 e. The fourth-order valence-corrected chi connectivity index (χ4v) is 2.53. The molecule has 0 spiro atoms. The summed E-state index contributed by atoms with van der Waals surface area (Å²) in [5.41, 5.74) is 0.0414. The van der Waals surface area contributed by atoms with Crippen molar-refractivity contribution in [2.24, 2.45) is 5.41 Å². The number of amides is 2. The van der Waals surface area contributed by atoms with Gasteiger partial charge in [-0.3, -0.25) is 9.59 Å². The molecule has 0 atom stereocenters. The molecule has 1 N–H and O–H groups in total. The Hall–Kier alpha value is -2.37. The van der Waals surface area contributed by atoms with E-state index in [4.69, 9.17) is 0 Å². The Morgan fingerprint density at radius 2 is 1.70 bits per heavy atom. The molecular formula is C17H22N2O4. The van der Waals surface area contributed by atoms with Gasteiger partial charge in [-0.15, -0.1) is 0 Å². The third kappa shape index (κ3) is 3.36. The Kier molecular flexibility index (Phi) is 5.03. The van der Waals surface area contributed by atoms with Gasteiger partial charge in [0.1, 0.15) is 5.41 Å². The minimum Gasteiger partial charge on any atom is -0.465 e. The monoisotopic (exact) mass is 318 g/mol. The molecule has 1 aromatic carbocycles. The molecular weight excluding hydrogens is 296 g/mol. The highest BCUT2D eigenvalue weighted by Gasteiger charge is 2.57. The van der Waals surface area contributed by atoms with Crippen molar-refractivity contribution in [1.82, 2.24) is 4.90 Å². The van der Waals surface area contributed by atoms with Crippen molar-refractivity contribution in [3.63, 3.8) is 0 Å². The van der Waals surface area contributed by atoms with Crippen LogP contribution in [0, 0.1) is 5.41 Å². The third-order valence-corrected chi connectivity index (χ3v) is 4.21. The molecule has 1 aliphatic carbocycles. The number of rotatable bonds is 6. The van der Waals surface area contributed by atoms with E-state index in [1.807, 2.05) is 13.8 Å². The van der Waals surface area contributed by atoms with Crippen molar-refractivity contribution in [3.8, 4) is 0 Å². The molecule has 0 heterocycles. The van der Waals surface area contributed by atoms with Crippen molar-refractivity contribution >= 4 is 23.5 Å². The van der Waals surface area contributed by atoms with E-state index in [0.717, 1.165) is 0 Å². The maximum absolute atomic E-state index is 12.5. The van der Waals surface area contributed by atoms with Crippen LogP contribution in [0.3, 0.4) is 0 Å². The van der Waals surface area contributed by atoms with E-state index in [1.165, 1.54) is 7.11 Å². The van der Waals surface area contributed by atoms with Crippen LogP contribution < -0.4 is 5.32 Å². The minimum atomic E-state index is -0.924. The molecule has 124 valence electrons. The van der Waals surface area contributed by atoms with Crippen LogP contribution in [0.4, 0.5) is 5.69 Å². The van der Waals surface area contributed by atoms with Crippen molar-refractivity contribution in [2.45, 2.75) is 26.7 Å². The summed E-state index contributed by atoms with van der Waals surface area (Å²) in [6.07, 6.45) is 1.16. The Balaban J connectivity index is 2.07. The number of ether oxygens (including phenoxy) is 1. The second-order valence-electron chi connectivity index (χ2n) is 5.58. The fraction of sp³-hybridized carbons (Fsp3) is 0.471. The lowest BCUT2D eigenvalue weighted by Crippen LogP contribution is -2.42. The average Bonchev–Trinajstić information content (AvgIpc) is 3.37. The fourth-order valence-electron chi connectivity index (χ4n) is 2.53. The minimum absolute atomic E-state index is 0.105. The summed E-state index contributed by atoms with van der Waals surface area (Å²) in [5, 5.41) is 2.77. The topological polar surface area (TPSA) is 75.7 Å². The molecule has 0 bridgehead atoms. The van der Waals surface area contributed by atoms with Gasteiger partial charge in [0.2, 0.25) is 11.8 Å². The number of benzene rings is 1. The van der Waals surface area contributed by atoms with Crippen LogP contribution in [0.2, 0.25) is 0 Å². The van der Waals surface area contributed by atoms with Gasteiger partial charge in [-0.25, -0.2) is 4.79 Å². The molecule has 1 aromatic rings. The zero-order valence-corrected chi connectivity index (χ0v) is 13.7. The molecule has 23 heavy (non-hydrogen) atoms. The number of anilines is 1. The first-order valence-electron chi connectivity index (χ1n) is 7.77. The molecule has 1 saturated carbocycles. The van der Waals surface area contributed by atoms with Gasteiger partial charge >= 0.3 is 5.97 Å². The summed E-state index contributed by atoms with van der Waals surface area (Å²) in [6, 6.07) is 6.41. The van der Waals surface area contributed by atoms with Crippen LogP contribution >= 0.6 is 0 Å². The van der Waals surface area contributed by atoms with E-state index >= 15 is 0 Å². The Morgan fingerprint density at radius 3 is 2.13 bits per heavy atom. The molecule has 0 unspecified atom stereocenters. The zero-order valence-electron chi connectivity index (χ0n) is 13.7. The Labute approximate surface area is 135 Å². The van der Waals surface area contributed by atoms with E-state index in [9.17, 15) is 14.4 Å². The number of carbonyl (C=O) groups excluding carboxylic acids is 3. The first kappa shape index (κ1) is 17.0. The SMILES string of the molecule is CCN(CC)C(=O)C1(C(=O)Nc2ccc(C(=O)OC)cc2)CC1. The number of methoxy groups -OCH3 is 1. The van der Waals surface area contributed by atoms with Crippen molar-refractivity contribution < 1.29 is 19.1 Å². The highest BCUT2D eigenvalue weighted by Crippen LogP contribution is 2.48. The molecule has 6 heteroatoms. The van der Waals surface area contributed by atoms with Gasteiger partial charge < -0.3 is 15.0 Å². The predicted molar refractivity (Wildman–Crippen MR) is 86.0 cm³/mol. The van der Waals surface area contributed by atoms with Gasteiger partial charge in [0.15, 0.2) is 0 Å². The summed E-state index contributed by atoms with van der Waals surface area (Å²) in [5.74, 6) is -0.815. The normalized spacial score (nSPS) is 14.7. The van der Waals surface area contributed by atoms with Crippen LogP contribution in [0.15, 0.2) is 24.3 Å². The molecule has 1 aliphatic rings. The summed E-state index contributed by atoms with van der Waals surface area (Å²) in [4.78, 5) is 38.1. The smallest absolute Gasteiger partial charge is 0.337 e. The first-order valence-corrected chi connectivity index (χ1v) is 7.77. The lowest BCUT2D eigenvalue weighted by molar-refractivity contribution is -0.141. The zero-order chi connectivity index (χ0) is 17.0. The number of carbonyl (C=O) groups is 3. The highest BCUT2D eigenvalue weighted by atomic mass is 16.5. The second-order valence-corrected chi connectivity index (χ2v) is 5.58. The third-order valence-electron chi connectivity index (χ3n) is 4.21. The number of hydrogen-bond acceptors (Lipinski definition) is 4. The maximum atomic E-state index is 12.5. The molecule has 0 saturated heterocycles. The van der Waals surface area contributed by atoms with Gasteiger partial charge in [0, 0.05) is 18.8 Å². The van der Waals surface area contributed by atoms with Gasteiger partial charge in [0.25, 0.3) is 0 Å². The van der Waals surface area contributed by atoms with Gasteiger partial charge in [0.05, 0.1) is 12.7 Å².